The Bertz CT molecular complexity index is 885. The number of phenols is 1. The van der Waals surface area contributed by atoms with Gasteiger partial charge in [0, 0.05) is 6.54 Å². The molecule has 2 N–H and O–H groups in total. The van der Waals surface area contributed by atoms with Gasteiger partial charge >= 0.3 is 0 Å². The minimum Gasteiger partial charge on any atom is -0.508 e. The molecule has 1 atom stereocenters. The second-order valence-corrected chi connectivity index (χ2v) is 10.2. The van der Waals surface area contributed by atoms with E-state index in [0.717, 1.165) is 36.8 Å². The summed E-state index contributed by atoms with van der Waals surface area (Å²) in [6.45, 7) is 4.61. The SMILES string of the molecule is CCCCC1(CCCC)CNC(c2ccccc2)c2ccc(O)cc2S1(=O)=O. The van der Waals surface area contributed by atoms with Crippen LogP contribution >= 0.6 is 0 Å². The van der Waals surface area contributed by atoms with Crippen LogP contribution in [0.3, 0.4) is 0 Å². The van der Waals surface area contributed by atoms with Gasteiger partial charge in [0.25, 0.3) is 0 Å². The van der Waals surface area contributed by atoms with Crippen molar-refractivity contribution in [3.05, 3.63) is 59.7 Å². The summed E-state index contributed by atoms with van der Waals surface area (Å²) in [4.78, 5) is 0.276. The highest BCUT2D eigenvalue weighted by Gasteiger charge is 2.47. The maximum atomic E-state index is 13.9. The van der Waals surface area contributed by atoms with E-state index in [-0.39, 0.29) is 16.7 Å². The van der Waals surface area contributed by atoms with Crippen molar-refractivity contribution >= 4 is 9.84 Å². The van der Waals surface area contributed by atoms with Gasteiger partial charge in [0.2, 0.25) is 0 Å². The number of phenolic OH excluding ortho intramolecular Hbond substituents is 1. The van der Waals surface area contributed by atoms with Gasteiger partial charge in [-0.25, -0.2) is 8.42 Å². The summed E-state index contributed by atoms with van der Waals surface area (Å²) < 4.78 is 27.0. The third-order valence-corrected chi connectivity index (χ3v) is 8.53. The number of aromatic hydroxyl groups is 1. The average molecular weight is 402 g/mol. The van der Waals surface area contributed by atoms with E-state index in [9.17, 15) is 13.5 Å². The minimum absolute atomic E-state index is 0.00378. The number of nitrogens with one attached hydrogen (secondary N) is 1. The number of unbranched alkanes of at least 4 members (excludes halogenated alkanes) is 2. The van der Waals surface area contributed by atoms with E-state index in [1.54, 1.807) is 12.1 Å². The maximum absolute atomic E-state index is 13.9. The van der Waals surface area contributed by atoms with E-state index >= 15 is 0 Å². The number of benzene rings is 2. The van der Waals surface area contributed by atoms with Crippen molar-refractivity contribution in [3.8, 4) is 5.75 Å². The Balaban J connectivity index is 2.19. The van der Waals surface area contributed by atoms with Gasteiger partial charge in [-0.05, 0) is 36.1 Å². The number of hydrogen-bond acceptors (Lipinski definition) is 4. The zero-order valence-corrected chi connectivity index (χ0v) is 17.6. The van der Waals surface area contributed by atoms with E-state index in [1.807, 2.05) is 30.3 Å². The molecule has 1 unspecified atom stereocenters. The average Bonchev–Trinajstić information content (AvgIpc) is 2.79. The van der Waals surface area contributed by atoms with Crippen LogP contribution in [-0.2, 0) is 9.84 Å². The Morgan fingerprint density at radius 3 is 2.29 bits per heavy atom. The Kier molecular flexibility index (Phi) is 6.46. The molecule has 1 heterocycles. The molecule has 152 valence electrons. The van der Waals surface area contributed by atoms with E-state index in [1.165, 1.54) is 6.07 Å². The number of rotatable bonds is 7. The molecule has 5 heteroatoms. The molecule has 0 aromatic heterocycles. The van der Waals surface area contributed by atoms with Crippen LogP contribution in [0.1, 0.15) is 69.5 Å². The summed E-state index contributed by atoms with van der Waals surface area (Å²) in [6.07, 6.45) is 4.92. The Hall–Kier alpha value is -1.85. The van der Waals surface area contributed by atoms with Crippen LogP contribution in [0.5, 0.6) is 5.75 Å². The monoisotopic (exact) mass is 401 g/mol. The molecular weight excluding hydrogens is 370 g/mol. The molecular formula is C23H31NO3S. The second-order valence-electron chi connectivity index (χ2n) is 7.84. The molecule has 0 radical (unpaired) electrons. The third-order valence-electron chi connectivity index (χ3n) is 5.90. The first-order chi connectivity index (χ1) is 13.4. The molecule has 2 aromatic rings. The van der Waals surface area contributed by atoms with E-state index < -0.39 is 14.6 Å². The molecule has 1 aliphatic rings. The lowest BCUT2D eigenvalue weighted by atomic mass is 9.93. The zero-order chi connectivity index (χ0) is 20.2. The Morgan fingerprint density at radius 1 is 1.04 bits per heavy atom. The van der Waals surface area contributed by atoms with Gasteiger partial charge in [-0.1, -0.05) is 75.9 Å². The van der Waals surface area contributed by atoms with Gasteiger partial charge in [-0.3, -0.25) is 0 Å². The first-order valence-electron chi connectivity index (χ1n) is 10.3. The lowest BCUT2D eigenvalue weighted by Crippen LogP contribution is -2.46. The van der Waals surface area contributed by atoms with Crippen LogP contribution in [0, 0.1) is 0 Å². The molecule has 0 aliphatic carbocycles. The highest BCUT2D eigenvalue weighted by Crippen LogP contribution is 2.43. The van der Waals surface area contributed by atoms with Crippen molar-refractivity contribution in [2.45, 2.75) is 68.1 Å². The van der Waals surface area contributed by atoms with Gasteiger partial charge in [-0.15, -0.1) is 0 Å². The van der Waals surface area contributed by atoms with Crippen molar-refractivity contribution in [1.82, 2.24) is 5.32 Å². The Morgan fingerprint density at radius 2 is 1.68 bits per heavy atom. The molecule has 1 aliphatic heterocycles. The van der Waals surface area contributed by atoms with Crippen molar-refractivity contribution in [1.29, 1.82) is 0 Å². The first-order valence-corrected chi connectivity index (χ1v) is 11.8. The normalized spacial score (nSPS) is 20.3. The highest BCUT2D eigenvalue weighted by atomic mass is 32.2. The van der Waals surface area contributed by atoms with Crippen molar-refractivity contribution in [3.63, 3.8) is 0 Å². The van der Waals surface area contributed by atoms with Crippen LogP contribution in [0.25, 0.3) is 0 Å². The number of hydrogen-bond donors (Lipinski definition) is 2. The molecule has 4 nitrogen and oxygen atoms in total. The number of sulfone groups is 1. The smallest absolute Gasteiger partial charge is 0.185 e. The predicted octanol–water partition coefficient (Wildman–Crippen LogP) is 4.98. The fourth-order valence-electron chi connectivity index (χ4n) is 4.23. The van der Waals surface area contributed by atoms with Gasteiger partial charge in [0.05, 0.1) is 15.7 Å². The summed E-state index contributed by atoms with van der Waals surface area (Å²) >= 11 is 0. The quantitative estimate of drug-likeness (QED) is 0.687. The molecule has 0 saturated carbocycles. The van der Waals surface area contributed by atoms with Crippen molar-refractivity contribution in [2.75, 3.05) is 6.54 Å². The first kappa shape index (κ1) is 20.9. The second kappa shape index (κ2) is 8.66. The summed E-state index contributed by atoms with van der Waals surface area (Å²) in [5, 5.41) is 13.7. The van der Waals surface area contributed by atoms with Crippen LogP contribution in [-0.4, -0.2) is 24.8 Å². The molecule has 0 spiro atoms. The minimum atomic E-state index is -3.61. The molecule has 0 amide bonds. The summed E-state index contributed by atoms with van der Waals surface area (Å²) in [5.74, 6) is -0.00378. The molecule has 28 heavy (non-hydrogen) atoms. The maximum Gasteiger partial charge on any atom is 0.185 e. The molecule has 3 rings (SSSR count). The van der Waals surface area contributed by atoms with Gasteiger partial charge < -0.3 is 10.4 Å². The summed E-state index contributed by atoms with van der Waals surface area (Å²) in [6, 6.07) is 14.5. The molecule has 2 aromatic carbocycles. The van der Waals surface area contributed by atoms with Crippen LogP contribution < -0.4 is 5.32 Å². The van der Waals surface area contributed by atoms with Gasteiger partial charge in [-0.2, -0.15) is 0 Å². The fourth-order valence-corrected chi connectivity index (χ4v) is 6.57. The Labute approximate surface area is 168 Å². The van der Waals surface area contributed by atoms with E-state index in [4.69, 9.17) is 0 Å². The largest absolute Gasteiger partial charge is 0.508 e. The summed E-state index contributed by atoms with van der Waals surface area (Å²) in [7, 11) is -3.61. The van der Waals surface area contributed by atoms with Crippen LogP contribution in [0.2, 0.25) is 0 Å². The predicted molar refractivity (Wildman–Crippen MR) is 113 cm³/mol. The van der Waals surface area contributed by atoms with Crippen LogP contribution in [0.15, 0.2) is 53.4 Å². The molecule has 0 bridgehead atoms. The molecule has 0 saturated heterocycles. The number of fused-ring (bicyclic) bond motifs is 1. The van der Waals surface area contributed by atoms with Crippen molar-refractivity contribution < 1.29 is 13.5 Å². The van der Waals surface area contributed by atoms with Crippen molar-refractivity contribution in [2.24, 2.45) is 0 Å². The van der Waals surface area contributed by atoms with Gasteiger partial charge in [0.1, 0.15) is 5.75 Å². The highest BCUT2D eigenvalue weighted by molar-refractivity contribution is 7.93. The third kappa shape index (κ3) is 3.83. The zero-order valence-electron chi connectivity index (χ0n) is 16.8. The fraction of sp³-hybridized carbons (Fsp3) is 0.478. The standard InChI is InChI=1S/C23H31NO3S/c1-3-5-14-23(15-6-4-2)17-24-22(18-10-8-7-9-11-18)20-13-12-19(25)16-21(20)28(23,26)27/h7-13,16,22,24-25H,3-6,14-15,17H2,1-2H3. The lowest BCUT2D eigenvalue weighted by molar-refractivity contribution is 0.400. The van der Waals surface area contributed by atoms with E-state index in [0.29, 0.717) is 19.4 Å². The van der Waals surface area contributed by atoms with E-state index in [2.05, 4.69) is 19.2 Å². The summed E-state index contributed by atoms with van der Waals surface area (Å²) in [5.41, 5.74) is 1.75. The lowest BCUT2D eigenvalue weighted by Gasteiger charge is -2.33. The molecule has 0 fully saturated rings. The van der Waals surface area contributed by atoms with Gasteiger partial charge in [0.15, 0.2) is 9.84 Å². The van der Waals surface area contributed by atoms with Crippen LogP contribution in [0.4, 0.5) is 0 Å². The topological polar surface area (TPSA) is 66.4 Å².